The van der Waals surface area contributed by atoms with E-state index in [4.69, 9.17) is 0 Å². The van der Waals surface area contributed by atoms with Gasteiger partial charge in [0.2, 0.25) is 0 Å². The lowest BCUT2D eigenvalue weighted by Crippen LogP contribution is -2.20. The molecule has 0 fully saturated rings. The molecule has 1 aromatic rings. The first-order valence-electron chi connectivity index (χ1n) is 3.20. The summed E-state index contributed by atoms with van der Waals surface area (Å²) in [6.07, 6.45) is 0. The van der Waals surface area contributed by atoms with Crippen LogP contribution in [0, 0.1) is 0 Å². The molecule has 1 N–H and O–H groups in total. The SMILES string of the molecule is CNC(=O)c1ccc(Br)n1C. The fourth-order valence-electron chi connectivity index (χ4n) is 0.842. The molecule has 0 aromatic carbocycles. The molecule has 0 spiro atoms. The van der Waals surface area contributed by atoms with Crippen molar-refractivity contribution in [1.82, 2.24) is 9.88 Å². The summed E-state index contributed by atoms with van der Waals surface area (Å²) in [5, 5.41) is 2.55. The number of halogens is 1. The summed E-state index contributed by atoms with van der Waals surface area (Å²) in [5.74, 6) is -0.0711. The normalized spacial score (nSPS) is 9.73. The third kappa shape index (κ3) is 1.45. The molecule has 4 heteroatoms. The van der Waals surface area contributed by atoms with Crippen LogP contribution in [0.4, 0.5) is 0 Å². The Bertz CT molecular complexity index is 280. The number of rotatable bonds is 1. The summed E-state index contributed by atoms with van der Waals surface area (Å²) in [7, 11) is 3.44. The Hall–Kier alpha value is -0.770. The van der Waals surface area contributed by atoms with Crippen LogP contribution >= 0.6 is 15.9 Å². The van der Waals surface area contributed by atoms with Crippen molar-refractivity contribution in [2.45, 2.75) is 0 Å². The number of carbonyl (C=O) groups is 1. The van der Waals surface area contributed by atoms with Gasteiger partial charge in [0.25, 0.3) is 5.91 Å². The van der Waals surface area contributed by atoms with Crippen LogP contribution in [0.25, 0.3) is 0 Å². The van der Waals surface area contributed by atoms with E-state index in [1.165, 1.54) is 0 Å². The minimum atomic E-state index is -0.0711. The number of amides is 1. The number of carbonyl (C=O) groups excluding carboxylic acids is 1. The molecule has 0 aliphatic carbocycles. The predicted molar refractivity (Wildman–Crippen MR) is 46.5 cm³/mol. The second-order valence-electron chi connectivity index (χ2n) is 2.18. The maximum atomic E-state index is 11.1. The highest BCUT2D eigenvalue weighted by Gasteiger charge is 2.08. The molecular weight excluding hydrogens is 208 g/mol. The van der Waals surface area contributed by atoms with Crippen LogP contribution in [0.2, 0.25) is 0 Å². The number of nitrogens with one attached hydrogen (secondary N) is 1. The minimum absolute atomic E-state index is 0.0711. The van der Waals surface area contributed by atoms with E-state index in [0.29, 0.717) is 5.69 Å². The molecule has 0 radical (unpaired) electrons. The summed E-state index contributed by atoms with van der Waals surface area (Å²) in [5.41, 5.74) is 0.652. The molecule has 1 heterocycles. The highest BCUT2D eigenvalue weighted by atomic mass is 79.9. The molecule has 3 nitrogen and oxygen atoms in total. The molecule has 0 bridgehead atoms. The standard InChI is InChI=1S/C7H9BrN2O/c1-9-7(11)5-3-4-6(8)10(5)2/h3-4H,1-2H3,(H,9,11). The Balaban J connectivity index is 3.04. The Morgan fingerprint density at radius 3 is 2.64 bits per heavy atom. The average molecular weight is 217 g/mol. The second-order valence-corrected chi connectivity index (χ2v) is 2.99. The predicted octanol–water partition coefficient (Wildman–Crippen LogP) is 1.15. The van der Waals surface area contributed by atoms with Crippen molar-refractivity contribution in [2.75, 3.05) is 7.05 Å². The monoisotopic (exact) mass is 216 g/mol. The topological polar surface area (TPSA) is 34.0 Å². The summed E-state index contributed by atoms with van der Waals surface area (Å²) < 4.78 is 2.68. The van der Waals surface area contributed by atoms with Crippen molar-refractivity contribution in [3.05, 3.63) is 22.4 Å². The van der Waals surface area contributed by atoms with Crippen molar-refractivity contribution in [1.29, 1.82) is 0 Å². The van der Waals surface area contributed by atoms with Gasteiger partial charge in [0.15, 0.2) is 0 Å². The van der Waals surface area contributed by atoms with Gasteiger partial charge in [-0.25, -0.2) is 0 Å². The molecule has 1 aromatic heterocycles. The van der Waals surface area contributed by atoms with Gasteiger partial charge in [-0.1, -0.05) is 0 Å². The second kappa shape index (κ2) is 3.09. The van der Waals surface area contributed by atoms with Crippen molar-refractivity contribution in [2.24, 2.45) is 7.05 Å². The summed E-state index contributed by atoms with van der Waals surface area (Å²) in [6, 6.07) is 3.60. The molecule has 60 valence electrons. The molecule has 0 atom stereocenters. The van der Waals surface area contributed by atoms with E-state index < -0.39 is 0 Å². The van der Waals surface area contributed by atoms with Gasteiger partial charge in [-0.05, 0) is 28.1 Å². The highest BCUT2D eigenvalue weighted by molar-refractivity contribution is 9.10. The Kier molecular flexibility index (Phi) is 2.34. The van der Waals surface area contributed by atoms with Gasteiger partial charge in [-0.15, -0.1) is 0 Å². The van der Waals surface area contributed by atoms with Crippen molar-refractivity contribution < 1.29 is 4.79 Å². The molecule has 0 saturated carbocycles. The maximum Gasteiger partial charge on any atom is 0.267 e. The van der Waals surface area contributed by atoms with E-state index in [1.54, 1.807) is 17.7 Å². The van der Waals surface area contributed by atoms with E-state index in [0.717, 1.165) is 4.60 Å². The zero-order valence-electron chi connectivity index (χ0n) is 6.39. The van der Waals surface area contributed by atoms with E-state index in [-0.39, 0.29) is 5.91 Å². The van der Waals surface area contributed by atoms with Crippen LogP contribution in [-0.4, -0.2) is 17.5 Å². The minimum Gasteiger partial charge on any atom is -0.354 e. The van der Waals surface area contributed by atoms with Gasteiger partial charge in [0.1, 0.15) is 5.69 Å². The summed E-state index contributed by atoms with van der Waals surface area (Å²) >= 11 is 3.30. The Labute approximate surface area is 73.5 Å². The quantitative estimate of drug-likeness (QED) is 0.752. The van der Waals surface area contributed by atoms with Crippen molar-refractivity contribution in [3.63, 3.8) is 0 Å². The molecule has 0 aliphatic heterocycles. The molecule has 1 amide bonds. The van der Waals surface area contributed by atoms with E-state index in [9.17, 15) is 4.79 Å². The van der Waals surface area contributed by atoms with Crippen molar-refractivity contribution in [3.8, 4) is 0 Å². The van der Waals surface area contributed by atoms with E-state index in [2.05, 4.69) is 21.2 Å². The fourth-order valence-corrected chi connectivity index (χ4v) is 1.17. The lowest BCUT2D eigenvalue weighted by molar-refractivity contribution is 0.0955. The molecule has 0 saturated heterocycles. The third-order valence-corrected chi connectivity index (χ3v) is 2.32. The first-order chi connectivity index (χ1) is 5.16. The first kappa shape index (κ1) is 8.33. The number of aromatic nitrogens is 1. The Morgan fingerprint density at radius 2 is 2.27 bits per heavy atom. The zero-order chi connectivity index (χ0) is 8.43. The van der Waals surface area contributed by atoms with Crippen LogP contribution in [0.15, 0.2) is 16.7 Å². The first-order valence-corrected chi connectivity index (χ1v) is 3.99. The molecule has 0 aliphatic rings. The fraction of sp³-hybridized carbons (Fsp3) is 0.286. The van der Waals surface area contributed by atoms with Crippen LogP contribution in [0.3, 0.4) is 0 Å². The van der Waals surface area contributed by atoms with Crippen LogP contribution in [-0.2, 0) is 7.05 Å². The van der Waals surface area contributed by atoms with Gasteiger partial charge in [0, 0.05) is 14.1 Å². The van der Waals surface area contributed by atoms with Gasteiger partial charge in [-0.3, -0.25) is 4.79 Å². The van der Waals surface area contributed by atoms with Gasteiger partial charge in [0.05, 0.1) is 4.60 Å². The van der Waals surface area contributed by atoms with Crippen LogP contribution in [0.1, 0.15) is 10.5 Å². The maximum absolute atomic E-state index is 11.1. The molecule has 1 rings (SSSR count). The summed E-state index contributed by atoms with van der Waals surface area (Å²) in [6.45, 7) is 0. The highest BCUT2D eigenvalue weighted by Crippen LogP contribution is 2.12. The zero-order valence-corrected chi connectivity index (χ0v) is 7.97. The lowest BCUT2D eigenvalue weighted by Gasteiger charge is -2.01. The largest absolute Gasteiger partial charge is 0.354 e. The van der Waals surface area contributed by atoms with Gasteiger partial charge >= 0.3 is 0 Å². The van der Waals surface area contributed by atoms with Crippen LogP contribution < -0.4 is 5.32 Å². The van der Waals surface area contributed by atoms with Crippen molar-refractivity contribution >= 4 is 21.8 Å². The smallest absolute Gasteiger partial charge is 0.267 e. The Morgan fingerprint density at radius 1 is 1.64 bits per heavy atom. The van der Waals surface area contributed by atoms with Gasteiger partial charge < -0.3 is 9.88 Å². The number of hydrogen-bond donors (Lipinski definition) is 1. The number of hydrogen-bond acceptors (Lipinski definition) is 1. The molecule has 0 unspecified atom stereocenters. The lowest BCUT2D eigenvalue weighted by atomic mass is 10.4. The molecular formula is C7H9BrN2O. The molecule has 11 heavy (non-hydrogen) atoms. The van der Waals surface area contributed by atoms with Crippen LogP contribution in [0.5, 0.6) is 0 Å². The van der Waals surface area contributed by atoms with E-state index in [1.807, 2.05) is 13.1 Å². The third-order valence-electron chi connectivity index (χ3n) is 1.52. The average Bonchev–Trinajstić information content (AvgIpc) is 2.32. The van der Waals surface area contributed by atoms with Gasteiger partial charge in [-0.2, -0.15) is 0 Å². The summed E-state index contributed by atoms with van der Waals surface area (Å²) in [4.78, 5) is 11.1. The number of nitrogens with zero attached hydrogens (tertiary/aromatic N) is 1. The van der Waals surface area contributed by atoms with E-state index >= 15 is 0 Å².